The molecule has 0 radical (unpaired) electrons. The van der Waals surface area contributed by atoms with Crippen LogP contribution in [0.2, 0.25) is 0 Å². The van der Waals surface area contributed by atoms with Gasteiger partial charge in [0, 0.05) is 31.5 Å². The molecular formula is C55H37NS. The Morgan fingerprint density at radius 2 is 0.842 bits per heavy atom. The van der Waals surface area contributed by atoms with Crippen molar-refractivity contribution in [3.05, 3.63) is 247 Å². The van der Waals surface area contributed by atoms with E-state index >= 15 is 0 Å². The molecule has 0 atom stereocenters. The Bertz CT molecular complexity index is 2910. The highest BCUT2D eigenvalue weighted by Gasteiger charge is 2.46. The number of rotatable bonds is 7. The van der Waals surface area contributed by atoms with Gasteiger partial charge in [0.15, 0.2) is 0 Å². The van der Waals surface area contributed by atoms with E-state index in [1.165, 1.54) is 81.5 Å². The van der Waals surface area contributed by atoms with Crippen LogP contribution >= 0.6 is 11.3 Å². The molecule has 1 heterocycles. The van der Waals surface area contributed by atoms with Crippen LogP contribution < -0.4 is 4.90 Å². The molecule has 9 aromatic carbocycles. The summed E-state index contributed by atoms with van der Waals surface area (Å²) in [7, 11) is 0. The molecule has 0 N–H and O–H groups in total. The van der Waals surface area contributed by atoms with E-state index in [1.807, 2.05) is 11.3 Å². The lowest BCUT2D eigenvalue weighted by molar-refractivity contribution is 0.770. The summed E-state index contributed by atoms with van der Waals surface area (Å²) in [6, 6.07) is 82.4. The van der Waals surface area contributed by atoms with Crippen LogP contribution in [0.1, 0.15) is 22.3 Å². The molecule has 268 valence electrons. The highest BCUT2D eigenvalue weighted by Crippen LogP contribution is 2.57. The fourth-order valence-corrected chi connectivity index (χ4v) is 10.4. The van der Waals surface area contributed by atoms with Crippen LogP contribution in [0.15, 0.2) is 224 Å². The third-order valence-electron chi connectivity index (χ3n) is 11.8. The molecule has 11 rings (SSSR count). The maximum atomic E-state index is 2.48. The standard InChI is InChI=1S/C55H37NS/c1-4-15-38(16-5-1)40-27-32-44(33-28-40)56(45-34-29-41(30-35-45)39-17-6-2-7-18-39)51-25-14-26-52-54(51)48-36-31-43(37-53(48)57-52)55(42-19-8-3-9-20-42)49-23-12-10-21-46(49)47-22-11-13-24-50(47)55/h1-37H. The van der Waals surface area contributed by atoms with Crippen LogP contribution in [0.3, 0.4) is 0 Å². The Labute approximate surface area is 337 Å². The summed E-state index contributed by atoms with van der Waals surface area (Å²) in [5, 5.41) is 2.54. The Morgan fingerprint density at radius 1 is 0.351 bits per heavy atom. The largest absolute Gasteiger partial charge is 0.310 e. The van der Waals surface area contributed by atoms with Crippen molar-refractivity contribution >= 4 is 48.6 Å². The van der Waals surface area contributed by atoms with Gasteiger partial charge in [-0.1, -0.05) is 182 Å². The first kappa shape index (κ1) is 33.3. The van der Waals surface area contributed by atoms with Gasteiger partial charge < -0.3 is 4.90 Å². The average molecular weight is 744 g/mol. The van der Waals surface area contributed by atoms with Crippen molar-refractivity contribution in [2.75, 3.05) is 4.90 Å². The van der Waals surface area contributed by atoms with Gasteiger partial charge in [-0.3, -0.25) is 0 Å². The number of fused-ring (bicyclic) bond motifs is 6. The van der Waals surface area contributed by atoms with E-state index in [-0.39, 0.29) is 0 Å². The lowest BCUT2D eigenvalue weighted by atomic mass is 9.67. The van der Waals surface area contributed by atoms with Crippen LogP contribution in [0.4, 0.5) is 17.1 Å². The predicted molar refractivity (Wildman–Crippen MR) is 242 cm³/mol. The zero-order chi connectivity index (χ0) is 37.8. The second-order valence-electron chi connectivity index (χ2n) is 14.8. The molecule has 1 aromatic heterocycles. The molecule has 2 heteroatoms. The SMILES string of the molecule is c1ccc(-c2ccc(N(c3ccc(-c4ccccc4)cc3)c3cccc4sc5cc(C6(c7ccccc7)c7ccccc7-c7ccccc76)ccc5c34)cc2)cc1. The quantitative estimate of drug-likeness (QED) is 0.157. The zero-order valence-corrected chi connectivity index (χ0v) is 32.0. The Balaban J connectivity index is 1.11. The number of anilines is 3. The minimum Gasteiger partial charge on any atom is -0.310 e. The molecule has 0 amide bonds. The van der Waals surface area contributed by atoms with Crippen molar-refractivity contribution in [3.8, 4) is 33.4 Å². The van der Waals surface area contributed by atoms with Gasteiger partial charge in [0.2, 0.25) is 0 Å². The van der Waals surface area contributed by atoms with E-state index < -0.39 is 5.41 Å². The highest BCUT2D eigenvalue weighted by molar-refractivity contribution is 7.26. The van der Waals surface area contributed by atoms with E-state index in [2.05, 4.69) is 229 Å². The monoisotopic (exact) mass is 743 g/mol. The average Bonchev–Trinajstić information content (AvgIpc) is 3.82. The van der Waals surface area contributed by atoms with Gasteiger partial charge in [-0.25, -0.2) is 0 Å². The Morgan fingerprint density at radius 3 is 1.40 bits per heavy atom. The third kappa shape index (κ3) is 5.37. The van der Waals surface area contributed by atoms with Crippen LogP contribution in [-0.2, 0) is 5.41 Å². The lowest BCUT2D eigenvalue weighted by Gasteiger charge is -2.34. The van der Waals surface area contributed by atoms with Gasteiger partial charge in [-0.15, -0.1) is 11.3 Å². The molecule has 0 saturated heterocycles. The van der Waals surface area contributed by atoms with Gasteiger partial charge >= 0.3 is 0 Å². The molecule has 0 spiro atoms. The molecule has 57 heavy (non-hydrogen) atoms. The molecule has 0 bridgehead atoms. The maximum Gasteiger partial charge on any atom is 0.0714 e. The van der Waals surface area contributed by atoms with Crippen molar-refractivity contribution in [2.45, 2.75) is 5.41 Å². The first-order chi connectivity index (χ1) is 28.3. The van der Waals surface area contributed by atoms with Crippen LogP contribution in [0.25, 0.3) is 53.6 Å². The minimum atomic E-state index is -0.436. The molecular weight excluding hydrogens is 707 g/mol. The first-order valence-corrected chi connectivity index (χ1v) is 20.4. The summed E-state index contributed by atoms with van der Waals surface area (Å²) in [4.78, 5) is 2.43. The smallest absolute Gasteiger partial charge is 0.0714 e. The molecule has 1 aliphatic rings. The number of nitrogens with zero attached hydrogens (tertiary/aromatic N) is 1. The molecule has 0 aliphatic heterocycles. The van der Waals surface area contributed by atoms with Crippen molar-refractivity contribution in [1.82, 2.24) is 0 Å². The number of hydrogen-bond donors (Lipinski definition) is 0. The summed E-state index contributed by atoms with van der Waals surface area (Å²) >= 11 is 1.89. The van der Waals surface area contributed by atoms with Crippen molar-refractivity contribution in [3.63, 3.8) is 0 Å². The van der Waals surface area contributed by atoms with E-state index in [4.69, 9.17) is 0 Å². The molecule has 10 aromatic rings. The second-order valence-corrected chi connectivity index (χ2v) is 15.9. The zero-order valence-electron chi connectivity index (χ0n) is 31.2. The number of hydrogen-bond acceptors (Lipinski definition) is 2. The fourth-order valence-electron chi connectivity index (χ4n) is 9.23. The van der Waals surface area contributed by atoms with Crippen molar-refractivity contribution in [2.24, 2.45) is 0 Å². The second kappa shape index (κ2) is 13.6. The van der Waals surface area contributed by atoms with Crippen LogP contribution in [-0.4, -0.2) is 0 Å². The van der Waals surface area contributed by atoms with Gasteiger partial charge in [0.05, 0.1) is 11.1 Å². The normalized spacial score (nSPS) is 12.7. The summed E-state index contributed by atoms with van der Waals surface area (Å²) in [6.07, 6.45) is 0. The lowest BCUT2D eigenvalue weighted by Crippen LogP contribution is -2.28. The van der Waals surface area contributed by atoms with Crippen molar-refractivity contribution < 1.29 is 0 Å². The fraction of sp³-hybridized carbons (Fsp3) is 0.0182. The van der Waals surface area contributed by atoms with Crippen molar-refractivity contribution in [1.29, 1.82) is 0 Å². The molecule has 1 aliphatic carbocycles. The molecule has 0 saturated carbocycles. The maximum absolute atomic E-state index is 2.48. The molecule has 0 fully saturated rings. The van der Waals surface area contributed by atoms with E-state index in [0.717, 1.165) is 11.4 Å². The predicted octanol–water partition coefficient (Wildman–Crippen LogP) is 15.2. The number of thiophene rings is 1. The summed E-state index contributed by atoms with van der Waals surface area (Å²) in [5.41, 5.74) is 15.7. The van der Waals surface area contributed by atoms with Gasteiger partial charge in [0.25, 0.3) is 0 Å². The minimum absolute atomic E-state index is 0.436. The summed E-state index contributed by atoms with van der Waals surface area (Å²) in [6.45, 7) is 0. The van der Waals surface area contributed by atoms with Crippen LogP contribution in [0.5, 0.6) is 0 Å². The van der Waals surface area contributed by atoms with E-state index in [9.17, 15) is 0 Å². The summed E-state index contributed by atoms with van der Waals surface area (Å²) in [5.74, 6) is 0. The number of benzene rings is 9. The Hall–Kier alpha value is -7.00. The molecule has 1 nitrogen and oxygen atoms in total. The van der Waals surface area contributed by atoms with Crippen LogP contribution in [0, 0.1) is 0 Å². The topological polar surface area (TPSA) is 3.24 Å². The highest BCUT2D eigenvalue weighted by atomic mass is 32.1. The van der Waals surface area contributed by atoms with Gasteiger partial charge in [-0.05, 0) is 98.1 Å². The third-order valence-corrected chi connectivity index (χ3v) is 12.9. The first-order valence-electron chi connectivity index (χ1n) is 19.6. The summed E-state index contributed by atoms with van der Waals surface area (Å²) < 4.78 is 2.55. The van der Waals surface area contributed by atoms with Gasteiger partial charge in [-0.2, -0.15) is 0 Å². The van der Waals surface area contributed by atoms with E-state index in [0.29, 0.717) is 0 Å². The molecule has 0 unspecified atom stereocenters. The Kier molecular flexibility index (Phi) is 7.98. The van der Waals surface area contributed by atoms with E-state index in [1.54, 1.807) is 0 Å². The van der Waals surface area contributed by atoms with Gasteiger partial charge in [0.1, 0.15) is 0 Å².